The maximum Gasteiger partial charge on any atom is 0.274 e. The van der Waals surface area contributed by atoms with Crippen LogP contribution in [0.4, 0.5) is 10.2 Å². The average molecular weight is 357 g/mol. The third-order valence-corrected chi connectivity index (χ3v) is 4.30. The molecular weight excluding hydrogens is 337 g/mol. The van der Waals surface area contributed by atoms with E-state index in [1.165, 1.54) is 25.4 Å². The summed E-state index contributed by atoms with van der Waals surface area (Å²) in [6.45, 7) is 3.81. The minimum atomic E-state index is -0.288. The molecule has 0 aliphatic carbocycles. The Morgan fingerprint density at radius 1 is 1.08 bits per heavy atom. The molecule has 0 bridgehead atoms. The number of benzene rings is 1. The fourth-order valence-corrected chi connectivity index (χ4v) is 2.74. The standard InChI is InChI=1S/C18H20FN5O2/c1-13(25)23-6-8-24(9-7-23)18(26)16-11-22-17(12-20-16)21-10-14-4-2-3-5-15(14)19/h2-5,11-12H,6-10H2,1H3,(H,21,22). The lowest BCUT2D eigenvalue weighted by molar-refractivity contribution is -0.130. The molecular formula is C18H20FN5O2. The molecule has 3 rings (SSSR count). The molecule has 1 fully saturated rings. The van der Waals surface area contributed by atoms with Crippen LogP contribution in [0.2, 0.25) is 0 Å². The minimum absolute atomic E-state index is 0.0159. The van der Waals surface area contributed by atoms with Crippen molar-refractivity contribution in [3.8, 4) is 0 Å². The van der Waals surface area contributed by atoms with Gasteiger partial charge in [-0.15, -0.1) is 0 Å². The lowest BCUT2D eigenvalue weighted by Crippen LogP contribution is -2.50. The number of rotatable bonds is 4. The Bertz CT molecular complexity index is 788. The van der Waals surface area contributed by atoms with E-state index in [9.17, 15) is 14.0 Å². The number of nitrogens with one attached hydrogen (secondary N) is 1. The molecule has 1 aromatic carbocycles. The highest BCUT2D eigenvalue weighted by Gasteiger charge is 2.24. The van der Waals surface area contributed by atoms with Gasteiger partial charge in [0.05, 0.1) is 12.4 Å². The predicted octanol–water partition coefficient (Wildman–Crippen LogP) is 1.53. The number of nitrogens with zero attached hydrogens (tertiary/aromatic N) is 4. The van der Waals surface area contributed by atoms with Crippen LogP contribution in [0.3, 0.4) is 0 Å². The highest BCUT2D eigenvalue weighted by atomic mass is 19.1. The summed E-state index contributed by atoms with van der Waals surface area (Å²) in [5.41, 5.74) is 0.774. The van der Waals surface area contributed by atoms with Crippen LogP contribution < -0.4 is 5.32 Å². The topological polar surface area (TPSA) is 78.4 Å². The Balaban J connectivity index is 1.56. The van der Waals surface area contributed by atoms with E-state index in [-0.39, 0.29) is 29.9 Å². The molecule has 0 unspecified atom stereocenters. The molecule has 1 N–H and O–H groups in total. The molecule has 1 aliphatic rings. The van der Waals surface area contributed by atoms with Gasteiger partial charge in [-0.1, -0.05) is 18.2 Å². The summed E-state index contributed by atoms with van der Waals surface area (Å²) in [6.07, 6.45) is 2.86. The molecule has 0 saturated carbocycles. The molecule has 0 spiro atoms. The van der Waals surface area contributed by atoms with E-state index in [4.69, 9.17) is 0 Å². The normalized spacial score (nSPS) is 14.2. The van der Waals surface area contributed by atoms with E-state index in [2.05, 4.69) is 15.3 Å². The monoisotopic (exact) mass is 357 g/mol. The molecule has 1 aliphatic heterocycles. The quantitative estimate of drug-likeness (QED) is 0.898. The van der Waals surface area contributed by atoms with Crippen LogP contribution >= 0.6 is 0 Å². The third kappa shape index (κ3) is 4.14. The minimum Gasteiger partial charge on any atom is -0.365 e. The second kappa shape index (κ2) is 7.90. The largest absolute Gasteiger partial charge is 0.365 e. The molecule has 1 aromatic heterocycles. The van der Waals surface area contributed by atoms with Gasteiger partial charge in [-0.3, -0.25) is 9.59 Å². The van der Waals surface area contributed by atoms with Gasteiger partial charge in [0.25, 0.3) is 5.91 Å². The molecule has 136 valence electrons. The van der Waals surface area contributed by atoms with Gasteiger partial charge in [0, 0.05) is 45.2 Å². The summed E-state index contributed by atoms with van der Waals surface area (Å²) < 4.78 is 13.6. The first kappa shape index (κ1) is 17.8. The van der Waals surface area contributed by atoms with Gasteiger partial charge < -0.3 is 15.1 Å². The molecule has 2 amide bonds. The summed E-state index contributed by atoms with van der Waals surface area (Å²) >= 11 is 0. The summed E-state index contributed by atoms with van der Waals surface area (Å²) in [6, 6.07) is 6.49. The third-order valence-electron chi connectivity index (χ3n) is 4.30. The number of hydrogen-bond acceptors (Lipinski definition) is 5. The van der Waals surface area contributed by atoms with E-state index in [1.54, 1.807) is 28.0 Å². The van der Waals surface area contributed by atoms with Crippen molar-refractivity contribution in [3.63, 3.8) is 0 Å². The molecule has 2 heterocycles. The van der Waals surface area contributed by atoms with Crippen LogP contribution in [-0.4, -0.2) is 57.8 Å². The number of amides is 2. The Hall–Kier alpha value is -3.03. The number of carbonyl (C=O) groups excluding carboxylic acids is 2. The summed E-state index contributed by atoms with van der Waals surface area (Å²) in [5.74, 6) is -0.0146. The van der Waals surface area contributed by atoms with Gasteiger partial charge in [0.1, 0.15) is 17.3 Å². The lowest BCUT2D eigenvalue weighted by Gasteiger charge is -2.33. The average Bonchev–Trinajstić information content (AvgIpc) is 2.67. The second-order valence-corrected chi connectivity index (χ2v) is 6.03. The highest BCUT2D eigenvalue weighted by Crippen LogP contribution is 2.11. The smallest absolute Gasteiger partial charge is 0.274 e. The van der Waals surface area contributed by atoms with E-state index in [1.807, 2.05) is 0 Å². The van der Waals surface area contributed by atoms with E-state index < -0.39 is 0 Å². The maximum atomic E-state index is 13.6. The van der Waals surface area contributed by atoms with Crippen molar-refractivity contribution in [2.24, 2.45) is 0 Å². The maximum absolute atomic E-state index is 13.6. The van der Waals surface area contributed by atoms with E-state index >= 15 is 0 Å². The molecule has 26 heavy (non-hydrogen) atoms. The highest BCUT2D eigenvalue weighted by molar-refractivity contribution is 5.92. The fourth-order valence-electron chi connectivity index (χ4n) is 2.74. The summed E-state index contributed by atoms with van der Waals surface area (Å²) in [5, 5.41) is 2.98. The Morgan fingerprint density at radius 2 is 1.77 bits per heavy atom. The SMILES string of the molecule is CC(=O)N1CCN(C(=O)c2cnc(NCc3ccccc3F)cn2)CC1. The van der Waals surface area contributed by atoms with Crippen molar-refractivity contribution in [1.82, 2.24) is 19.8 Å². The molecule has 2 aromatic rings. The first-order valence-electron chi connectivity index (χ1n) is 8.38. The van der Waals surface area contributed by atoms with Crippen LogP contribution in [0.1, 0.15) is 23.0 Å². The Morgan fingerprint density at radius 3 is 2.38 bits per heavy atom. The van der Waals surface area contributed by atoms with Crippen molar-refractivity contribution >= 4 is 17.6 Å². The zero-order valence-electron chi connectivity index (χ0n) is 14.5. The second-order valence-electron chi connectivity index (χ2n) is 6.03. The van der Waals surface area contributed by atoms with Gasteiger partial charge in [-0.05, 0) is 6.07 Å². The number of carbonyl (C=O) groups is 2. The van der Waals surface area contributed by atoms with Gasteiger partial charge in [-0.2, -0.15) is 0 Å². The number of anilines is 1. The molecule has 7 nitrogen and oxygen atoms in total. The predicted molar refractivity (Wildman–Crippen MR) is 93.9 cm³/mol. The summed E-state index contributed by atoms with van der Waals surface area (Å²) in [7, 11) is 0. The van der Waals surface area contributed by atoms with Gasteiger partial charge >= 0.3 is 0 Å². The number of piperazine rings is 1. The van der Waals surface area contributed by atoms with E-state index in [0.29, 0.717) is 37.6 Å². The van der Waals surface area contributed by atoms with Crippen LogP contribution in [0.15, 0.2) is 36.7 Å². The van der Waals surface area contributed by atoms with Crippen molar-refractivity contribution in [2.75, 3.05) is 31.5 Å². The van der Waals surface area contributed by atoms with Gasteiger partial charge in [0.15, 0.2) is 0 Å². The van der Waals surface area contributed by atoms with Crippen LogP contribution in [0.25, 0.3) is 0 Å². The first-order chi connectivity index (χ1) is 12.5. The zero-order chi connectivity index (χ0) is 18.5. The number of halogens is 1. The van der Waals surface area contributed by atoms with Crippen molar-refractivity contribution in [3.05, 3.63) is 53.7 Å². The zero-order valence-corrected chi connectivity index (χ0v) is 14.5. The molecule has 1 saturated heterocycles. The molecule has 0 atom stereocenters. The van der Waals surface area contributed by atoms with Crippen LogP contribution in [-0.2, 0) is 11.3 Å². The lowest BCUT2D eigenvalue weighted by atomic mass is 10.2. The molecule has 8 heteroatoms. The van der Waals surface area contributed by atoms with Gasteiger partial charge in [0.2, 0.25) is 5.91 Å². The molecule has 0 radical (unpaired) electrons. The number of hydrogen-bond donors (Lipinski definition) is 1. The van der Waals surface area contributed by atoms with E-state index in [0.717, 1.165) is 0 Å². The van der Waals surface area contributed by atoms with Crippen molar-refractivity contribution in [2.45, 2.75) is 13.5 Å². The summed E-state index contributed by atoms with van der Waals surface area (Å²) in [4.78, 5) is 35.5. The van der Waals surface area contributed by atoms with Crippen molar-refractivity contribution in [1.29, 1.82) is 0 Å². The number of aromatic nitrogens is 2. The van der Waals surface area contributed by atoms with Crippen molar-refractivity contribution < 1.29 is 14.0 Å². The van der Waals surface area contributed by atoms with Gasteiger partial charge in [-0.25, -0.2) is 14.4 Å². The first-order valence-corrected chi connectivity index (χ1v) is 8.38. The fraction of sp³-hybridized carbons (Fsp3) is 0.333. The van der Waals surface area contributed by atoms with Crippen LogP contribution in [0, 0.1) is 5.82 Å². The Labute approximate surface area is 150 Å². The Kier molecular flexibility index (Phi) is 5.40. The van der Waals surface area contributed by atoms with Crippen LogP contribution in [0.5, 0.6) is 0 Å².